The first kappa shape index (κ1) is 16.0. The van der Waals surface area contributed by atoms with Crippen LogP contribution in [-0.4, -0.2) is 29.9 Å². The van der Waals surface area contributed by atoms with Gasteiger partial charge in [-0.1, -0.05) is 23.7 Å². The van der Waals surface area contributed by atoms with Crippen LogP contribution in [0, 0.1) is 0 Å². The van der Waals surface area contributed by atoms with E-state index in [2.05, 4.69) is 4.98 Å². The van der Waals surface area contributed by atoms with E-state index < -0.39 is 10.0 Å². The molecule has 1 aromatic carbocycles. The third-order valence-corrected chi connectivity index (χ3v) is 5.58. The molecule has 21 heavy (non-hydrogen) atoms. The molecule has 0 aliphatic rings. The van der Waals surface area contributed by atoms with Crippen molar-refractivity contribution in [3.63, 3.8) is 0 Å². The van der Waals surface area contributed by atoms with Gasteiger partial charge in [-0.15, -0.1) is 0 Å². The van der Waals surface area contributed by atoms with E-state index in [1.165, 1.54) is 23.6 Å². The Hall–Kier alpha value is -1.34. The van der Waals surface area contributed by atoms with Crippen LogP contribution in [0.15, 0.2) is 41.4 Å². The highest BCUT2D eigenvalue weighted by Gasteiger charge is 2.27. The lowest BCUT2D eigenvalue weighted by Crippen LogP contribution is -2.29. The second-order valence-electron chi connectivity index (χ2n) is 4.77. The highest BCUT2D eigenvalue weighted by molar-refractivity contribution is 7.89. The Balaban J connectivity index is 2.31. The number of sulfonamides is 1. The Kier molecular flexibility index (Phi) is 4.73. The van der Waals surface area contributed by atoms with E-state index in [1.807, 2.05) is 6.07 Å². The van der Waals surface area contributed by atoms with Gasteiger partial charge >= 0.3 is 0 Å². The highest BCUT2D eigenvalue weighted by atomic mass is 35.5. The van der Waals surface area contributed by atoms with Crippen molar-refractivity contribution in [1.29, 1.82) is 0 Å². The normalized spacial score (nSPS) is 13.6. The second-order valence-corrected chi connectivity index (χ2v) is 7.20. The van der Waals surface area contributed by atoms with Crippen LogP contribution in [0.2, 0.25) is 5.02 Å². The number of halogens is 1. The minimum Gasteiger partial charge on any atom is -0.390 e. The molecule has 0 amide bonds. The summed E-state index contributed by atoms with van der Waals surface area (Å²) >= 11 is 5.95. The van der Waals surface area contributed by atoms with E-state index >= 15 is 0 Å². The number of aliphatic hydroxyl groups excluding tert-OH is 1. The van der Waals surface area contributed by atoms with E-state index in [-0.39, 0.29) is 17.5 Å². The summed E-state index contributed by atoms with van der Waals surface area (Å²) in [5.74, 6) is 0. The molecule has 114 valence electrons. The SMILES string of the molecule is CC(c1cccc(Cl)c1)N(C)S(=O)(=O)c1c[nH]c(CO)c1. The minimum atomic E-state index is -3.64. The fourth-order valence-electron chi connectivity index (χ4n) is 2.01. The maximum atomic E-state index is 12.6. The molecule has 0 spiro atoms. The van der Waals surface area contributed by atoms with Crippen molar-refractivity contribution in [3.8, 4) is 0 Å². The summed E-state index contributed by atoms with van der Waals surface area (Å²) < 4.78 is 26.4. The zero-order valence-corrected chi connectivity index (χ0v) is 13.3. The molecule has 1 atom stereocenters. The molecule has 0 aliphatic heterocycles. The van der Waals surface area contributed by atoms with E-state index in [9.17, 15) is 8.42 Å². The first-order chi connectivity index (χ1) is 9.86. The minimum absolute atomic E-state index is 0.128. The molecular formula is C14H17ClN2O3S. The Morgan fingerprint density at radius 3 is 2.67 bits per heavy atom. The molecule has 1 heterocycles. The predicted molar refractivity (Wildman–Crippen MR) is 81.5 cm³/mol. The molecule has 0 bridgehead atoms. The Bertz CT molecular complexity index is 727. The van der Waals surface area contributed by atoms with Crippen LogP contribution in [0.1, 0.15) is 24.2 Å². The van der Waals surface area contributed by atoms with Crippen LogP contribution in [0.5, 0.6) is 0 Å². The third-order valence-electron chi connectivity index (χ3n) is 3.44. The highest BCUT2D eigenvalue weighted by Crippen LogP contribution is 2.27. The number of aromatic amines is 1. The van der Waals surface area contributed by atoms with Crippen molar-refractivity contribution in [3.05, 3.63) is 52.8 Å². The number of aliphatic hydroxyl groups is 1. The predicted octanol–water partition coefficient (Wildman–Crippen LogP) is 2.54. The Morgan fingerprint density at radius 1 is 1.38 bits per heavy atom. The molecule has 2 N–H and O–H groups in total. The monoisotopic (exact) mass is 328 g/mol. The van der Waals surface area contributed by atoms with Crippen molar-refractivity contribution in [2.24, 2.45) is 0 Å². The topological polar surface area (TPSA) is 73.4 Å². The van der Waals surface area contributed by atoms with Gasteiger partial charge in [0.1, 0.15) is 0 Å². The molecular weight excluding hydrogens is 312 g/mol. The van der Waals surface area contributed by atoms with Gasteiger partial charge in [0.05, 0.1) is 11.5 Å². The summed E-state index contributed by atoms with van der Waals surface area (Å²) in [5, 5.41) is 9.58. The molecule has 1 unspecified atom stereocenters. The van der Waals surface area contributed by atoms with E-state index in [1.54, 1.807) is 25.1 Å². The van der Waals surface area contributed by atoms with Gasteiger partial charge in [-0.05, 0) is 30.7 Å². The fourth-order valence-corrected chi connectivity index (χ4v) is 3.58. The molecule has 0 saturated heterocycles. The van der Waals surface area contributed by atoms with Crippen LogP contribution >= 0.6 is 11.6 Å². The van der Waals surface area contributed by atoms with Gasteiger partial charge < -0.3 is 10.1 Å². The molecule has 0 radical (unpaired) electrons. The molecule has 1 aromatic heterocycles. The van der Waals surface area contributed by atoms with E-state index in [0.29, 0.717) is 10.7 Å². The summed E-state index contributed by atoms with van der Waals surface area (Å²) in [7, 11) is -2.12. The summed E-state index contributed by atoms with van der Waals surface area (Å²) in [6, 6.07) is 8.17. The Labute approximate surface area is 129 Å². The smallest absolute Gasteiger partial charge is 0.244 e. The molecule has 5 nitrogen and oxygen atoms in total. The summed E-state index contributed by atoms with van der Waals surface area (Å²) in [4.78, 5) is 2.85. The van der Waals surface area contributed by atoms with Gasteiger partial charge in [-0.3, -0.25) is 0 Å². The third kappa shape index (κ3) is 3.29. The first-order valence-electron chi connectivity index (χ1n) is 6.38. The Morgan fingerprint density at radius 2 is 2.10 bits per heavy atom. The van der Waals surface area contributed by atoms with Crippen molar-refractivity contribution in [1.82, 2.24) is 9.29 Å². The number of H-pyrrole nitrogens is 1. The molecule has 2 aromatic rings. The molecule has 0 aliphatic carbocycles. The van der Waals surface area contributed by atoms with Crippen LogP contribution in [0.25, 0.3) is 0 Å². The van der Waals surface area contributed by atoms with Crippen LogP contribution in [0.4, 0.5) is 0 Å². The summed E-state index contributed by atoms with van der Waals surface area (Å²) in [6.45, 7) is 1.56. The van der Waals surface area contributed by atoms with Crippen LogP contribution < -0.4 is 0 Å². The van der Waals surface area contributed by atoms with Crippen molar-refractivity contribution < 1.29 is 13.5 Å². The number of benzene rings is 1. The van der Waals surface area contributed by atoms with Gasteiger partial charge in [0.15, 0.2) is 0 Å². The van der Waals surface area contributed by atoms with Gasteiger partial charge in [-0.2, -0.15) is 4.31 Å². The van der Waals surface area contributed by atoms with Crippen LogP contribution in [0.3, 0.4) is 0 Å². The average Bonchev–Trinajstić information content (AvgIpc) is 2.95. The summed E-state index contributed by atoms with van der Waals surface area (Å²) in [5.41, 5.74) is 1.27. The quantitative estimate of drug-likeness (QED) is 0.885. The van der Waals surface area contributed by atoms with Crippen LogP contribution in [-0.2, 0) is 16.6 Å². The fraction of sp³-hybridized carbons (Fsp3) is 0.286. The zero-order chi connectivity index (χ0) is 15.6. The van der Waals surface area contributed by atoms with Crippen molar-refractivity contribution >= 4 is 21.6 Å². The number of rotatable bonds is 5. The lowest BCUT2D eigenvalue weighted by atomic mass is 10.1. The number of nitrogens with zero attached hydrogens (tertiary/aromatic N) is 1. The number of nitrogens with one attached hydrogen (secondary N) is 1. The number of aromatic nitrogens is 1. The molecule has 7 heteroatoms. The standard InChI is InChI=1S/C14H17ClN2O3S/c1-10(11-4-3-5-12(15)6-11)17(2)21(19,20)14-7-13(9-18)16-8-14/h3-8,10,16,18H,9H2,1-2H3. The summed E-state index contributed by atoms with van der Waals surface area (Å²) in [6.07, 6.45) is 1.38. The van der Waals surface area contributed by atoms with Gasteiger partial charge in [-0.25, -0.2) is 8.42 Å². The van der Waals surface area contributed by atoms with E-state index in [0.717, 1.165) is 5.56 Å². The molecule has 2 rings (SSSR count). The number of hydrogen-bond donors (Lipinski definition) is 2. The van der Waals surface area contributed by atoms with Gasteiger partial charge in [0.25, 0.3) is 0 Å². The average molecular weight is 329 g/mol. The number of hydrogen-bond acceptors (Lipinski definition) is 3. The first-order valence-corrected chi connectivity index (χ1v) is 8.19. The maximum absolute atomic E-state index is 12.6. The lowest BCUT2D eigenvalue weighted by Gasteiger charge is -2.24. The largest absolute Gasteiger partial charge is 0.390 e. The maximum Gasteiger partial charge on any atom is 0.244 e. The van der Waals surface area contributed by atoms with E-state index in [4.69, 9.17) is 16.7 Å². The molecule has 0 fully saturated rings. The van der Waals surface area contributed by atoms with Gasteiger partial charge in [0, 0.05) is 30.0 Å². The van der Waals surface area contributed by atoms with Crippen molar-refractivity contribution in [2.75, 3.05) is 7.05 Å². The second kappa shape index (κ2) is 6.19. The zero-order valence-electron chi connectivity index (χ0n) is 11.7. The molecule has 0 saturated carbocycles. The lowest BCUT2D eigenvalue weighted by molar-refractivity contribution is 0.277. The van der Waals surface area contributed by atoms with Crippen molar-refractivity contribution in [2.45, 2.75) is 24.5 Å². The van der Waals surface area contributed by atoms with Gasteiger partial charge in [0.2, 0.25) is 10.0 Å².